The number of ether oxygens (including phenoxy) is 1. The van der Waals surface area contributed by atoms with Crippen LogP contribution < -0.4 is 5.69 Å². The van der Waals surface area contributed by atoms with Crippen LogP contribution in [0.5, 0.6) is 0 Å². The number of benzene rings is 2. The first-order valence-electron chi connectivity index (χ1n) is 11.1. The van der Waals surface area contributed by atoms with Gasteiger partial charge in [0.15, 0.2) is 0 Å². The summed E-state index contributed by atoms with van der Waals surface area (Å²) in [6, 6.07) is 13.3. The lowest BCUT2D eigenvalue weighted by Gasteiger charge is -2.24. The van der Waals surface area contributed by atoms with E-state index >= 15 is 0 Å². The molecule has 1 atom stereocenters. The zero-order valence-corrected chi connectivity index (χ0v) is 20.2. The van der Waals surface area contributed by atoms with Gasteiger partial charge in [-0.1, -0.05) is 37.6 Å². The van der Waals surface area contributed by atoms with Crippen LogP contribution in [-0.4, -0.2) is 20.7 Å². The van der Waals surface area contributed by atoms with Gasteiger partial charge in [-0.15, -0.1) is 11.3 Å². The number of para-hydroxylation sites is 2. The van der Waals surface area contributed by atoms with E-state index in [2.05, 4.69) is 30.5 Å². The Labute approximate surface area is 192 Å². The average Bonchev–Trinajstić information content (AvgIpc) is 3.26. The van der Waals surface area contributed by atoms with Crippen LogP contribution in [0.2, 0.25) is 0 Å². The SMILES string of the molecule is CCC[C@@H](C(=O)OC(C)(C)C)n1c(=O)n(Cc2csc3cccc(C)c23)c2ccccc21. The van der Waals surface area contributed by atoms with Crippen LogP contribution in [0.3, 0.4) is 0 Å². The van der Waals surface area contributed by atoms with Crippen LogP contribution in [0.25, 0.3) is 21.1 Å². The third-order valence-electron chi connectivity index (χ3n) is 5.63. The molecule has 0 radical (unpaired) electrons. The molecule has 2 aromatic heterocycles. The van der Waals surface area contributed by atoms with E-state index in [4.69, 9.17) is 4.74 Å². The molecule has 5 nitrogen and oxygen atoms in total. The van der Waals surface area contributed by atoms with Gasteiger partial charge in [0.05, 0.1) is 17.6 Å². The number of rotatable bonds is 6. The molecule has 0 bridgehead atoms. The van der Waals surface area contributed by atoms with E-state index in [1.165, 1.54) is 15.6 Å². The van der Waals surface area contributed by atoms with E-state index < -0.39 is 11.6 Å². The van der Waals surface area contributed by atoms with Crippen LogP contribution >= 0.6 is 11.3 Å². The van der Waals surface area contributed by atoms with Gasteiger partial charge in [-0.25, -0.2) is 9.59 Å². The molecule has 6 heteroatoms. The van der Waals surface area contributed by atoms with E-state index in [1.54, 1.807) is 20.5 Å². The molecule has 0 aliphatic heterocycles. The summed E-state index contributed by atoms with van der Waals surface area (Å²) in [5.41, 5.74) is 3.13. The molecule has 0 fully saturated rings. The summed E-state index contributed by atoms with van der Waals surface area (Å²) in [7, 11) is 0. The summed E-state index contributed by atoms with van der Waals surface area (Å²) in [6.07, 6.45) is 1.31. The summed E-state index contributed by atoms with van der Waals surface area (Å²) in [4.78, 5) is 26.8. The molecule has 0 spiro atoms. The zero-order chi connectivity index (χ0) is 23.0. The van der Waals surface area contributed by atoms with E-state index in [0.29, 0.717) is 13.0 Å². The molecule has 0 N–H and O–H groups in total. The standard InChI is InChI=1S/C26H30N2O3S/c1-6-10-21(24(29)31-26(3,4)5)28-20-13-8-7-12-19(20)27(25(28)30)15-18-16-32-22-14-9-11-17(2)23(18)22/h7-9,11-14,16,21H,6,10,15H2,1-5H3/t21-/m0/s1. The number of fused-ring (bicyclic) bond motifs is 2. The van der Waals surface area contributed by atoms with Crippen LogP contribution in [0.4, 0.5) is 0 Å². The monoisotopic (exact) mass is 450 g/mol. The van der Waals surface area contributed by atoms with Crippen LogP contribution in [0.1, 0.15) is 57.7 Å². The number of carbonyl (C=O) groups is 1. The number of esters is 1. The van der Waals surface area contributed by atoms with E-state index in [0.717, 1.165) is 23.0 Å². The second-order valence-corrected chi connectivity index (χ2v) is 10.2. The Morgan fingerprint density at radius 1 is 1.09 bits per heavy atom. The van der Waals surface area contributed by atoms with Gasteiger partial charge in [-0.05, 0) is 68.8 Å². The topological polar surface area (TPSA) is 53.2 Å². The molecular formula is C26H30N2O3S. The second kappa shape index (κ2) is 8.58. The first kappa shape index (κ1) is 22.3. The van der Waals surface area contributed by atoms with E-state index in [-0.39, 0.29) is 11.7 Å². The minimum absolute atomic E-state index is 0.177. The summed E-state index contributed by atoms with van der Waals surface area (Å²) in [6.45, 7) is 10.1. The molecular weight excluding hydrogens is 420 g/mol. The predicted molar refractivity (Wildman–Crippen MR) is 132 cm³/mol. The van der Waals surface area contributed by atoms with Gasteiger partial charge in [-0.3, -0.25) is 9.13 Å². The van der Waals surface area contributed by atoms with Gasteiger partial charge < -0.3 is 4.74 Å². The summed E-state index contributed by atoms with van der Waals surface area (Å²) in [5.74, 6) is -0.360. The molecule has 0 aliphatic carbocycles. The first-order valence-corrected chi connectivity index (χ1v) is 12.0. The lowest BCUT2D eigenvalue weighted by atomic mass is 10.1. The lowest BCUT2D eigenvalue weighted by molar-refractivity contribution is -0.159. The molecule has 0 saturated heterocycles. The lowest BCUT2D eigenvalue weighted by Crippen LogP contribution is -2.35. The van der Waals surface area contributed by atoms with Gasteiger partial charge in [0.2, 0.25) is 0 Å². The Hall–Kier alpha value is -2.86. The molecule has 0 unspecified atom stereocenters. The molecule has 0 saturated carbocycles. The molecule has 32 heavy (non-hydrogen) atoms. The highest BCUT2D eigenvalue weighted by molar-refractivity contribution is 7.17. The highest BCUT2D eigenvalue weighted by atomic mass is 32.1. The summed E-state index contributed by atoms with van der Waals surface area (Å²) >= 11 is 1.69. The van der Waals surface area contributed by atoms with Crippen molar-refractivity contribution in [2.24, 2.45) is 0 Å². The van der Waals surface area contributed by atoms with Crippen molar-refractivity contribution in [3.63, 3.8) is 0 Å². The first-order chi connectivity index (χ1) is 15.2. The summed E-state index contributed by atoms with van der Waals surface area (Å²) in [5, 5.41) is 3.34. The van der Waals surface area contributed by atoms with Crippen molar-refractivity contribution >= 4 is 38.4 Å². The Kier molecular flexibility index (Phi) is 5.99. The highest BCUT2D eigenvalue weighted by Crippen LogP contribution is 2.30. The molecule has 4 aromatic rings. The predicted octanol–water partition coefficient (Wildman–Crippen LogP) is 6.06. The van der Waals surface area contributed by atoms with Gasteiger partial charge in [0.25, 0.3) is 0 Å². The number of imidazole rings is 1. The minimum Gasteiger partial charge on any atom is -0.458 e. The van der Waals surface area contributed by atoms with Crippen LogP contribution in [-0.2, 0) is 16.1 Å². The van der Waals surface area contributed by atoms with E-state index in [9.17, 15) is 9.59 Å². The third kappa shape index (κ3) is 4.11. The molecule has 0 amide bonds. The molecule has 2 heterocycles. The fourth-order valence-corrected chi connectivity index (χ4v) is 5.34. The number of nitrogens with zero attached hydrogens (tertiary/aromatic N) is 2. The molecule has 4 rings (SSSR count). The molecule has 2 aromatic carbocycles. The zero-order valence-electron chi connectivity index (χ0n) is 19.3. The number of thiophene rings is 1. The van der Waals surface area contributed by atoms with Crippen molar-refractivity contribution in [1.29, 1.82) is 0 Å². The fraction of sp³-hybridized carbons (Fsp3) is 0.385. The number of carbonyl (C=O) groups excluding carboxylic acids is 1. The quantitative estimate of drug-likeness (QED) is 0.336. The Morgan fingerprint density at radius 3 is 2.50 bits per heavy atom. The molecule has 0 aliphatic rings. The third-order valence-corrected chi connectivity index (χ3v) is 6.63. The Balaban J connectivity index is 1.86. The van der Waals surface area contributed by atoms with Gasteiger partial charge in [-0.2, -0.15) is 0 Å². The van der Waals surface area contributed by atoms with Crippen molar-refractivity contribution < 1.29 is 9.53 Å². The Morgan fingerprint density at radius 2 is 1.81 bits per heavy atom. The van der Waals surface area contributed by atoms with Crippen molar-refractivity contribution in [2.75, 3.05) is 0 Å². The van der Waals surface area contributed by atoms with Crippen molar-refractivity contribution in [3.8, 4) is 0 Å². The van der Waals surface area contributed by atoms with E-state index in [1.807, 2.05) is 52.0 Å². The van der Waals surface area contributed by atoms with Gasteiger partial charge in [0.1, 0.15) is 11.6 Å². The maximum atomic E-state index is 13.7. The minimum atomic E-state index is -0.654. The number of hydrogen-bond acceptors (Lipinski definition) is 4. The van der Waals surface area contributed by atoms with Crippen LogP contribution in [0, 0.1) is 6.92 Å². The van der Waals surface area contributed by atoms with Crippen molar-refractivity contribution in [3.05, 3.63) is 69.5 Å². The van der Waals surface area contributed by atoms with Crippen LogP contribution in [0.15, 0.2) is 52.6 Å². The summed E-state index contributed by atoms with van der Waals surface area (Å²) < 4.78 is 10.3. The maximum Gasteiger partial charge on any atom is 0.330 e. The largest absolute Gasteiger partial charge is 0.458 e. The average molecular weight is 451 g/mol. The number of aromatic nitrogens is 2. The molecule has 168 valence electrons. The highest BCUT2D eigenvalue weighted by Gasteiger charge is 2.30. The Bertz CT molecular complexity index is 1340. The number of aryl methyl sites for hydroxylation is 1. The normalized spacial score (nSPS) is 13.0. The van der Waals surface area contributed by atoms with Gasteiger partial charge in [0, 0.05) is 10.1 Å². The second-order valence-electron chi connectivity index (χ2n) is 9.27. The fourth-order valence-electron chi connectivity index (χ4n) is 4.31. The van der Waals surface area contributed by atoms with Crippen molar-refractivity contribution in [2.45, 2.75) is 65.6 Å². The number of hydrogen-bond donors (Lipinski definition) is 0. The van der Waals surface area contributed by atoms with Gasteiger partial charge >= 0.3 is 11.7 Å². The smallest absolute Gasteiger partial charge is 0.330 e. The van der Waals surface area contributed by atoms with Crippen molar-refractivity contribution in [1.82, 2.24) is 9.13 Å². The maximum absolute atomic E-state index is 13.7.